The number of hydrogen-bond acceptors (Lipinski definition) is 3. The van der Waals surface area contributed by atoms with Crippen molar-refractivity contribution in [1.82, 2.24) is 4.72 Å². The van der Waals surface area contributed by atoms with Crippen molar-refractivity contribution in [2.75, 3.05) is 6.54 Å². The van der Waals surface area contributed by atoms with Crippen molar-refractivity contribution in [3.05, 3.63) is 70.5 Å². The molecule has 2 aromatic rings. The van der Waals surface area contributed by atoms with Gasteiger partial charge in [-0.05, 0) is 12.1 Å². The zero-order valence-electron chi connectivity index (χ0n) is 11.5. The number of halogens is 2. The molecular formula is C15H15ClFNO3S. The van der Waals surface area contributed by atoms with Crippen LogP contribution in [0.25, 0.3) is 0 Å². The fraction of sp³-hybridized carbons (Fsp3) is 0.200. The number of aliphatic hydroxyl groups is 1. The molecule has 0 aromatic heterocycles. The number of sulfonamides is 1. The summed E-state index contributed by atoms with van der Waals surface area (Å²) in [6.45, 7) is -0.236. The van der Waals surface area contributed by atoms with Gasteiger partial charge in [0.25, 0.3) is 0 Å². The van der Waals surface area contributed by atoms with Crippen LogP contribution in [0.3, 0.4) is 0 Å². The van der Waals surface area contributed by atoms with Gasteiger partial charge in [0.15, 0.2) is 0 Å². The SMILES string of the molecule is O=S(=O)(Cc1ccccc1F)NCC(O)c1ccccc1Cl. The lowest BCUT2D eigenvalue weighted by molar-refractivity contribution is 0.182. The second-order valence-corrected chi connectivity index (χ2v) is 6.95. The molecule has 1 unspecified atom stereocenters. The smallest absolute Gasteiger partial charge is 0.215 e. The zero-order valence-corrected chi connectivity index (χ0v) is 13.1. The van der Waals surface area contributed by atoms with Crippen LogP contribution < -0.4 is 4.72 Å². The number of rotatable bonds is 6. The van der Waals surface area contributed by atoms with Crippen LogP contribution in [0, 0.1) is 5.82 Å². The predicted octanol–water partition coefficient (Wildman–Crippen LogP) is 2.63. The van der Waals surface area contributed by atoms with Crippen LogP contribution in [0.5, 0.6) is 0 Å². The summed E-state index contributed by atoms with van der Waals surface area (Å²) in [6, 6.07) is 12.3. The Bertz CT molecular complexity index is 752. The minimum Gasteiger partial charge on any atom is -0.387 e. The molecule has 0 aliphatic rings. The van der Waals surface area contributed by atoms with E-state index in [0.717, 1.165) is 0 Å². The summed E-state index contributed by atoms with van der Waals surface area (Å²) < 4.78 is 39.6. The number of benzene rings is 2. The topological polar surface area (TPSA) is 66.4 Å². The zero-order chi connectivity index (χ0) is 16.2. The van der Waals surface area contributed by atoms with Gasteiger partial charge in [0.05, 0.1) is 11.9 Å². The Morgan fingerprint density at radius 2 is 1.77 bits per heavy atom. The Morgan fingerprint density at radius 3 is 2.45 bits per heavy atom. The van der Waals surface area contributed by atoms with Gasteiger partial charge in [-0.25, -0.2) is 17.5 Å². The molecule has 7 heteroatoms. The molecule has 2 aromatic carbocycles. The van der Waals surface area contributed by atoms with Gasteiger partial charge in [0.2, 0.25) is 10.0 Å². The molecule has 4 nitrogen and oxygen atoms in total. The standard InChI is InChI=1S/C15H15ClFNO3S/c16-13-7-3-2-6-12(13)15(19)9-18-22(20,21)10-11-5-1-4-8-14(11)17/h1-8,15,18-19H,9-10H2. The van der Waals surface area contributed by atoms with E-state index in [2.05, 4.69) is 4.72 Å². The molecule has 0 saturated carbocycles. The highest BCUT2D eigenvalue weighted by molar-refractivity contribution is 7.88. The predicted molar refractivity (Wildman–Crippen MR) is 83.4 cm³/mol. The van der Waals surface area contributed by atoms with E-state index in [9.17, 15) is 17.9 Å². The van der Waals surface area contributed by atoms with E-state index < -0.39 is 27.7 Å². The van der Waals surface area contributed by atoms with Crippen molar-refractivity contribution in [3.63, 3.8) is 0 Å². The Kier molecular flexibility index (Phi) is 5.52. The average molecular weight is 344 g/mol. The van der Waals surface area contributed by atoms with Gasteiger partial charge in [-0.15, -0.1) is 0 Å². The molecule has 0 radical (unpaired) electrons. The van der Waals surface area contributed by atoms with Crippen molar-refractivity contribution in [2.24, 2.45) is 0 Å². The first-order valence-electron chi connectivity index (χ1n) is 6.52. The van der Waals surface area contributed by atoms with Crippen LogP contribution in [-0.4, -0.2) is 20.1 Å². The molecule has 0 saturated heterocycles. The van der Waals surface area contributed by atoms with Crippen molar-refractivity contribution >= 4 is 21.6 Å². The maximum Gasteiger partial charge on any atom is 0.215 e. The van der Waals surface area contributed by atoms with Gasteiger partial charge in [-0.2, -0.15) is 0 Å². The van der Waals surface area contributed by atoms with Crippen molar-refractivity contribution in [3.8, 4) is 0 Å². The van der Waals surface area contributed by atoms with Crippen LogP contribution in [0.4, 0.5) is 4.39 Å². The molecule has 0 spiro atoms. The molecule has 0 fully saturated rings. The van der Waals surface area contributed by atoms with Crippen LogP contribution in [0.15, 0.2) is 48.5 Å². The van der Waals surface area contributed by atoms with Crippen molar-refractivity contribution in [1.29, 1.82) is 0 Å². The van der Waals surface area contributed by atoms with E-state index in [1.807, 2.05) is 0 Å². The van der Waals surface area contributed by atoms with Crippen LogP contribution in [-0.2, 0) is 15.8 Å². The van der Waals surface area contributed by atoms with Gasteiger partial charge in [-0.3, -0.25) is 0 Å². The first-order chi connectivity index (χ1) is 10.4. The third-order valence-electron chi connectivity index (χ3n) is 3.06. The van der Waals surface area contributed by atoms with Gasteiger partial charge in [0.1, 0.15) is 5.82 Å². The Balaban J connectivity index is 2.01. The Labute approximate surface area is 133 Å². The highest BCUT2D eigenvalue weighted by Crippen LogP contribution is 2.22. The van der Waals surface area contributed by atoms with E-state index in [0.29, 0.717) is 10.6 Å². The minimum atomic E-state index is -3.77. The summed E-state index contributed by atoms with van der Waals surface area (Å²) in [7, 11) is -3.77. The molecular weight excluding hydrogens is 329 g/mol. The highest BCUT2D eigenvalue weighted by Gasteiger charge is 2.17. The molecule has 0 amide bonds. The summed E-state index contributed by atoms with van der Waals surface area (Å²) in [5.74, 6) is -1.07. The monoisotopic (exact) mass is 343 g/mol. The molecule has 0 aliphatic carbocycles. The Hall–Kier alpha value is -1.47. The van der Waals surface area contributed by atoms with E-state index in [1.165, 1.54) is 18.2 Å². The lowest BCUT2D eigenvalue weighted by Crippen LogP contribution is -2.30. The van der Waals surface area contributed by atoms with E-state index in [4.69, 9.17) is 11.6 Å². The fourth-order valence-corrected chi connectivity index (χ4v) is 3.35. The van der Waals surface area contributed by atoms with Gasteiger partial charge in [0, 0.05) is 22.7 Å². The minimum absolute atomic E-state index is 0.0715. The summed E-state index contributed by atoms with van der Waals surface area (Å²) in [6.07, 6.45) is -1.08. The van der Waals surface area contributed by atoms with Gasteiger partial charge < -0.3 is 5.11 Å². The first-order valence-corrected chi connectivity index (χ1v) is 8.55. The Morgan fingerprint density at radius 1 is 1.14 bits per heavy atom. The molecule has 2 N–H and O–H groups in total. The van der Waals surface area contributed by atoms with Crippen molar-refractivity contribution in [2.45, 2.75) is 11.9 Å². The second-order valence-electron chi connectivity index (χ2n) is 4.74. The number of hydrogen-bond donors (Lipinski definition) is 2. The average Bonchev–Trinajstić information content (AvgIpc) is 2.48. The normalized spacial score (nSPS) is 13.0. The quantitative estimate of drug-likeness (QED) is 0.847. The van der Waals surface area contributed by atoms with E-state index in [1.54, 1.807) is 30.3 Å². The summed E-state index contributed by atoms with van der Waals surface area (Å²) >= 11 is 5.93. The molecule has 0 bridgehead atoms. The third kappa shape index (κ3) is 4.51. The summed E-state index contributed by atoms with van der Waals surface area (Å²) in [4.78, 5) is 0. The lowest BCUT2D eigenvalue weighted by Gasteiger charge is -2.14. The third-order valence-corrected chi connectivity index (χ3v) is 4.71. The molecule has 118 valence electrons. The molecule has 0 heterocycles. The van der Waals surface area contributed by atoms with Crippen LogP contribution in [0.1, 0.15) is 17.2 Å². The maximum atomic E-state index is 13.5. The van der Waals surface area contributed by atoms with Crippen LogP contribution in [0.2, 0.25) is 5.02 Å². The maximum absolute atomic E-state index is 13.5. The number of nitrogens with one attached hydrogen (secondary N) is 1. The molecule has 0 aliphatic heterocycles. The second kappa shape index (κ2) is 7.19. The highest BCUT2D eigenvalue weighted by atomic mass is 35.5. The van der Waals surface area contributed by atoms with Gasteiger partial charge in [-0.1, -0.05) is 48.0 Å². The summed E-state index contributed by atoms with van der Waals surface area (Å²) in [5.41, 5.74) is 0.500. The van der Waals surface area contributed by atoms with Gasteiger partial charge >= 0.3 is 0 Å². The lowest BCUT2D eigenvalue weighted by atomic mass is 10.1. The van der Waals surface area contributed by atoms with E-state index >= 15 is 0 Å². The van der Waals surface area contributed by atoms with Crippen molar-refractivity contribution < 1.29 is 17.9 Å². The molecule has 2 rings (SSSR count). The molecule has 22 heavy (non-hydrogen) atoms. The van der Waals surface area contributed by atoms with Crippen LogP contribution >= 0.6 is 11.6 Å². The first kappa shape index (κ1) is 16.9. The summed E-state index contributed by atoms with van der Waals surface area (Å²) in [5, 5.41) is 10.4. The molecule has 1 atom stereocenters. The fourth-order valence-electron chi connectivity index (χ4n) is 1.93. The number of aliphatic hydroxyl groups excluding tert-OH is 1. The largest absolute Gasteiger partial charge is 0.387 e. The van der Waals surface area contributed by atoms with E-state index in [-0.39, 0.29) is 12.1 Å².